The van der Waals surface area contributed by atoms with Crippen molar-refractivity contribution in [3.8, 4) is 0 Å². The molecule has 98 valence electrons. The van der Waals surface area contributed by atoms with Crippen molar-refractivity contribution in [2.75, 3.05) is 18.1 Å². The summed E-state index contributed by atoms with van der Waals surface area (Å²) >= 11 is 4.77. The molecule has 0 saturated heterocycles. The molecule has 2 N–H and O–H groups in total. The normalized spacial score (nSPS) is 16.4. The van der Waals surface area contributed by atoms with Gasteiger partial charge in [-0.15, -0.1) is 0 Å². The Morgan fingerprint density at radius 3 is 2.78 bits per heavy atom. The molecule has 0 aliphatic heterocycles. The number of benzene rings is 1. The lowest BCUT2D eigenvalue weighted by molar-refractivity contribution is 0.0695. The van der Waals surface area contributed by atoms with Gasteiger partial charge in [0, 0.05) is 11.3 Å². The Bertz CT molecular complexity index is 491. The molecule has 1 saturated carbocycles. The fourth-order valence-corrected chi connectivity index (χ4v) is 2.94. The third-order valence-corrected chi connectivity index (χ3v) is 5.35. The quantitative estimate of drug-likeness (QED) is 0.864. The predicted octanol–water partition coefficient (Wildman–Crippen LogP) is 3.59. The lowest BCUT2D eigenvalue weighted by Crippen LogP contribution is -2.18. The average molecular weight is 334 g/mol. The number of thioether (sulfide) groups is 1. The highest BCUT2D eigenvalue weighted by atomic mass is 79.9. The number of rotatable bonds is 5. The minimum Gasteiger partial charge on any atom is -0.478 e. The summed E-state index contributed by atoms with van der Waals surface area (Å²) in [5.41, 5.74) is 0.274. The SMILES string of the molecule is CSC1(CNc2ccc(C(=O)O)c(Br)c2F)CC1. The average Bonchev–Trinajstić information content (AvgIpc) is 3.11. The van der Waals surface area contributed by atoms with Crippen molar-refractivity contribution in [1.82, 2.24) is 0 Å². The van der Waals surface area contributed by atoms with Gasteiger partial charge in [0.1, 0.15) is 0 Å². The lowest BCUT2D eigenvalue weighted by Gasteiger charge is -2.15. The maximum absolute atomic E-state index is 13.9. The first-order chi connectivity index (χ1) is 8.49. The van der Waals surface area contributed by atoms with Crippen LogP contribution in [0.4, 0.5) is 10.1 Å². The Labute approximate surface area is 117 Å². The molecule has 0 unspecified atom stereocenters. The van der Waals surface area contributed by atoms with Crippen molar-refractivity contribution >= 4 is 39.3 Å². The van der Waals surface area contributed by atoms with Crippen LogP contribution in [0.3, 0.4) is 0 Å². The van der Waals surface area contributed by atoms with Crippen LogP contribution in [0.1, 0.15) is 23.2 Å². The molecule has 1 aliphatic rings. The first-order valence-electron chi connectivity index (χ1n) is 5.49. The van der Waals surface area contributed by atoms with Gasteiger partial charge in [0.2, 0.25) is 0 Å². The highest BCUT2D eigenvalue weighted by Gasteiger charge is 2.41. The first-order valence-corrected chi connectivity index (χ1v) is 7.51. The Morgan fingerprint density at radius 2 is 2.28 bits per heavy atom. The van der Waals surface area contributed by atoms with E-state index in [2.05, 4.69) is 27.5 Å². The van der Waals surface area contributed by atoms with E-state index in [0.29, 0.717) is 12.2 Å². The molecule has 0 spiro atoms. The van der Waals surface area contributed by atoms with Crippen LogP contribution in [0.15, 0.2) is 16.6 Å². The maximum atomic E-state index is 13.9. The number of halogens is 2. The van der Waals surface area contributed by atoms with Gasteiger partial charge in [0.15, 0.2) is 5.82 Å². The summed E-state index contributed by atoms with van der Waals surface area (Å²) < 4.78 is 14.2. The summed E-state index contributed by atoms with van der Waals surface area (Å²) in [6.45, 7) is 0.698. The van der Waals surface area contributed by atoms with Crippen molar-refractivity contribution in [2.24, 2.45) is 0 Å². The number of carboxylic acids is 1. The van der Waals surface area contributed by atoms with E-state index in [1.165, 1.54) is 12.1 Å². The highest BCUT2D eigenvalue weighted by molar-refractivity contribution is 9.10. The van der Waals surface area contributed by atoms with Crippen LogP contribution in [0.2, 0.25) is 0 Å². The van der Waals surface area contributed by atoms with E-state index >= 15 is 0 Å². The van der Waals surface area contributed by atoms with E-state index in [1.54, 1.807) is 11.8 Å². The second kappa shape index (κ2) is 5.09. The topological polar surface area (TPSA) is 49.3 Å². The summed E-state index contributed by atoms with van der Waals surface area (Å²) in [6.07, 6.45) is 4.32. The number of aromatic carboxylic acids is 1. The molecule has 0 radical (unpaired) electrons. The minimum absolute atomic E-state index is 0.00556. The maximum Gasteiger partial charge on any atom is 0.336 e. The molecular weight excluding hydrogens is 321 g/mol. The number of carboxylic acid groups (broad SMARTS) is 1. The highest BCUT2D eigenvalue weighted by Crippen LogP contribution is 2.47. The van der Waals surface area contributed by atoms with Gasteiger partial charge in [-0.3, -0.25) is 0 Å². The van der Waals surface area contributed by atoms with E-state index < -0.39 is 11.8 Å². The van der Waals surface area contributed by atoms with Crippen molar-refractivity contribution in [2.45, 2.75) is 17.6 Å². The van der Waals surface area contributed by atoms with Gasteiger partial charge in [0.05, 0.1) is 15.7 Å². The molecule has 18 heavy (non-hydrogen) atoms. The number of nitrogens with one attached hydrogen (secondary N) is 1. The van der Waals surface area contributed by atoms with Gasteiger partial charge < -0.3 is 10.4 Å². The lowest BCUT2D eigenvalue weighted by atomic mass is 10.2. The van der Waals surface area contributed by atoms with Gasteiger partial charge >= 0.3 is 5.97 Å². The molecular formula is C12H13BrFNO2S. The molecule has 0 atom stereocenters. The van der Waals surface area contributed by atoms with Gasteiger partial charge in [-0.1, -0.05) is 0 Å². The Morgan fingerprint density at radius 1 is 1.61 bits per heavy atom. The molecule has 0 amide bonds. The predicted molar refractivity (Wildman–Crippen MR) is 75.0 cm³/mol. The zero-order valence-corrected chi connectivity index (χ0v) is 12.2. The second-order valence-electron chi connectivity index (χ2n) is 4.33. The largest absolute Gasteiger partial charge is 0.478 e. The Hall–Kier alpha value is -0.750. The molecule has 0 heterocycles. The summed E-state index contributed by atoms with van der Waals surface area (Å²) in [5, 5.41) is 11.9. The van der Waals surface area contributed by atoms with E-state index in [1.807, 2.05) is 0 Å². The van der Waals surface area contributed by atoms with Crippen molar-refractivity contribution in [1.29, 1.82) is 0 Å². The Balaban J connectivity index is 2.14. The van der Waals surface area contributed by atoms with E-state index in [-0.39, 0.29) is 14.8 Å². The van der Waals surface area contributed by atoms with Crippen LogP contribution in [0, 0.1) is 5.82 Å². The standard InChI is InChI=1S/C12H13BrFNO2S/c1-18-12(4-5-12)6-15-8-3-2-7(11(16)17)9(13)10(8)14/h2-3,15H,4-6H2,1H3,(H,16,17). The summed E-state index contributed by atoms with van der Waals surface area (Å²) in [7, 11) is 0. The van der Waals surface area contributed by atoms with Gasteiger partial charge in [-0.05, 0) is 47.2 Å². The molecule has 0 bridgehead atoms. The van der Waals surface area contributed by atoms with Crippen LogP contribution in [-0.4, -0.2) is 28.6 Å². The summed E-state index contributed by atoms with van der Waals surface area (Å²) in [4.78, 5) is 10.8. The molecule has 2 rings (SSSR count). The van der Waals surface area contributed by atoms with Crippen LogP contribution < -0.4 is 5.32 Å². The monoisotopic (exact) mass is 333 g/mol. The molecule has 1 aliphatic carbocycles. The first kappa shape index (κ1) is 13.7. The third-order valence-electron chi connectivity index (χ3n) is 3.15. The number of hydrogen-bond acceptors (Lipinski definition) is 3. The minimum atomic E-state index is -1.14. The van der Waals surface area contributed by atoms with E-state index in [4.69, 9.17) is 5.11 Å². The van der Waals surface area contributed by atoms with Crippen LogP contribution in [0.5, 0.6) is 0 Å². The Kier molecular flexibility index (Phi) is 3.87. The third kappa shape index (κ3) is 2.64. The zero-order valence-electron chi connectivity index (χ0n) is 9.80. The van der Waals surface area contributed by atoms with Crippen molar-refractivity contribution in [3.05, 3.63) is 28.0 Å². The van der Waals surface area contributed by atoms with Crippen LogP contribution >= 0.6 is 27.7 Å². The summed E-state index contributed by atoms with van der Waals surface area (Å²) in [5.74, 6) is -1.69. The van der Waals surface area contributed by atoms with E-state index in [9.17, 15) is 9.18 Å². The molecule has 6 heteroatoms. The number of carbonyl (C=O) groups is 1. The second-order valence-corrected chi connectivity index (χ2v) is 6.40. The van der Waals surface area contributed by atoms with E-state index in [0.717, 1.165) is 12.8 Å². The van der Waals surface area contributed by atoms with Crippen LogP contribution in [-0.2, 0) is 0 Å². The molecule has 0 aromatic heterocycles. The van der Waals surface area contributed by atoms with Crippen molar-refractivity contribution in [3.63, 3.8) is 0 Å². The van der Waals surface area contributed by atoms with Gasteiger partial charge in [0.25, 0.3) is 0 Å². The fraction of sp³-hybridized carbons (Fsp3) is 0.417. The smallest absolute Gasteiger partial charge is 0.336 e. The van der Waals surface area contributed by atoms with Gasteiger partial charge in [-0.25, -0.2) is 9.18 Å². The molecule has 1 fully saturated rings. The number of anilines is 1. The summed E-state index contributed by atoms with van der Waals surface area (Å²) in [6, 6.07) is 2.87. The molecule has 1 aromatic rings. The van der Waals surface area contributed by atoms with Gasteiger partial charge in [-0.2, -0.15) is 11.8 Å². The fourth-order valence-electron chi connectivity index (χ4n) is 1.70. The van der Waals surface area contributed by atoms with Crippen LogP contribution in [0.25, 0.3) is 0 Å². The molecule has 3 nitrogen and oxygen atoms in total. The molecule has 1 aromatic carbocycles. The van der Waals surface area contributed by atoms with Crippen molar-refractivity contribution < 1.29 is 14.3 Å². The number of hydrogen-bond donors (Lipinski definition) is 2. The zero-order chi connectivity index (χ0) is 13.3.